The predicted molar refractivity (Wildman–Crippen MR) is 39.6 cm³/mol. The highest BCUT2D eigenvalue weighted by atomic mass is 32.1. The molecular weight excluding hydrogens is 132 g/mol. The molecule has 1 aliphatic rings. The van der Waals surface area contributed by atoms with Crippen LogP contribution in [0.25, 0.3) is 0 Å². The van der Waals surface area contributed by atoms with Crippen molar-refractivity contribution in [1.82, 2.24) is 5.43 Å². The van der Waals surface area contributed by atoms with Gasteiger partial charge in [0.2, 0.25) is 0 Å². The first-order valence-corrected chi connectivity index (χ1v) is 3.90. The molecule has 1 aromatic rings. The normalized spacial score (nSPS) is 16.4. The van der Waals surface area contributed by atoms with Crippen LogP contribution < -0.4 is 10.9 Å². The van der Waals surface area contributed by atoms with E-state index in [9.17, 15) is 0 Å². The molecule has 2 N–H and O–H groups in total. The number of hydrogen-bond donors (Lipinski definition) is 2. The summed E-state index contributed by atoms with van der Waals surface area (Å²) in [6.45, 7) is 1.05. The summed E-state index contributed by atoms with van der Waals surface area (Å²) >= 11 is 1.82. The number of nitrogens with one attached hydrogen (secondary N) is 2. The number of rotatable bonds is 0. The Balaban J connectivity index is 2.39. The Morgan fingerprint density at radius 2 is 2.56 bits per heavy atom. The molecule has 0 unspecified atom stereocenters. The molecule has 2 heterocycles. The summed E-state index contributed by atoms with van der Waals surface area (Å²) in [6, 6.07) is 2.10. The number of hydrazine groups is 1. The molecule has 48 valence electrons. The van der Waals surface area contributed by atoms with Gasteiger partial charge in [-0.1, -0.05) is 0 Å². The number of anilines is 1. The molecule has 9 heavy (non-hydrogen) atoms. The summed E-state index contributed by atoms with van der Waals surface area (Å²) < 4.78 is 0. The molecular formula is C6H8N2S. The highest BCUT2D eigenvalue weighted by Crippen LogP contribution is 2.23. The topological polar surface area (TPSA) is 24.1 Å². The Hall–Kier alpha value is -0.540. The first kappa shape index (κ1) is 5.26. The number of fused-ring (bicyclic) bond motifs is 1. The van der Waals surface area contributed by atoms with Crippen molar-refractivity contribution >= 4 is 17.0 Å². The Morgan fingerprint density at radius 1 is 1.56 bits per heavy atom. The van der Waals surface area contributed by atoms with Crippen LogP contribution >= 0.6 is 11.3 Å². The van der Waals surface area contributed by atoms with E-state index >= 15 is 0 Å². The van der Waals surface area contributed by atoms with Gasteiger partial charge in [0.05, 0.1) is 5.69 Å². The summed E-state index contributed by atoms with van der Waals surface area (Å²) in [4.78, 5) is 1.47. The van der Waals surface area contributed by atoms with Crippen LogP contribution in [0.3, 0.4) is 0 Å². The molecule has 0 saturated heterocycles. The van der Waals surface area contributed by atoms with Gasteiger partial charge in [-0.15, -0.1) is 11.3 Å². The monoisotopic (exact) mass is 140 g/mol. The average molecular weight is 140 g/mol. The molecule has 2 rings (SSSR count). The van der Waals surface area contributed by atoms with E-state index in [0.717, 1.165) is 6.54 Å². The van der Waals surface area contributed by atoms with Gasteiger partial charge in [-0.05, 0) is 17.9 Å². The maximum atomic E-state index is 3.10. The van der Waals surface area contributed by atoms with Crippen LogP contribution in [0.2, 0.25) is 0 Å². The van der Waals surface area contributed by atoms with Crippen LogP contribution in [0.1, 0.15) is 4.88 Å². The lowest BCUT2D eigenvalue weighted by molar-refractivity contribution is 0.757. The number of hydrogen-bond acceptors (Lipinski definition) is 3. The van der Waals surface area contributed by atoms with E-state index in [1.54, 1.807) is 0 Å². The summed E-state index contributed by atoms with van der Waals surface area (Å²) in [5.41, 5.74) is 7.44. The molecule has 0 bridgehead atoms. The average Bonchev–Trinajstić information content (AvgIpc) is 2.33. The quantitative estimate of drug-likeness (QED) is 0.566. The van der Waals surface area contributed by atoms with Crippen molar-refractivity contribution in [2.45, 2.75) is 6.42 Å². The van der Waals surface area contributed by atoms with Gasteiger partial charge in [0.15, 0.2) is 0 Å². The van der Waals surface area contributed by atoms with Crippen LogP contribution in [-0.4, -0.2) is 6.54 Å². The molecule has 2 nitrogen and oxygen atoms in total. The SMILES string of the molecule is c1cc2c(s1)CCNN2. The van der Waals surface area contributed by atoms with Crippen LogP contribution in [0.15, 0.2) is 11.4 Å². The lowest BCUT2D eigenvalue weighted by Crippen LogP contribution is -2.28. The lowest BCUT2D eigenvalue weighted by atomic mass is 10.3. The maximum absolute atomic E-state index is 3.10. The minimum Gasteiger partial charge on any atom is -0.320 e. The second-order valence-corrected chi connectivity index (χ2v) is 3.06. The van der Waals surface area contributed by atoms with Crippen molar-refractivity contribution in [1.29, 1.82) is 0 Å². The van der Waals surface area contributed by atoms with Gasteiger partial charge >= 0.3 is 0 Å². The Labute approximate surface area is 57.9 Å². The van der Waals surface area contributed by atoms with Gasteiger partial charge < -0.3 is 5.43 Å². The first-order chi connectivity index (χ1) is 4.47. The van der Waals surface area contributed by atoms with Crippen molar-refractivity contribution < 1.29 is 0 Å². The molecule has 0 saturated carbocycles. The van der Waals surface area contributed by atoms with E-state index < -0.39 is 0 Å². The molecule has 0 amide bonds. The molecule has 0 spiro atoms. The third kappa shape index (κ3) is 0.821. The molecule has 1 aromatic heterocycles. The highest BCUT2D eigenvalue weighted by molar-refractivity contribution is 7.10. The number of thiophene rings is 1. The van der Waals surface area contributed by atoms with E-state index in [1.165, 1.54) is 17.0 Å². The van der Waals surface area contributed by atoms with E-state index in [4.69, 9.17) is 0 Å². The van der Waals surface area contributed by atoms with E-state index in [0.29, 0.717) is 0 Å². The lowest BCUT2D eigenvalue weighted by Gasteiger charge is -2.13. The van der Waals surface area contributed by atoms with Crippen LogP contribution in [0, 0.1) is 0 Å². The van der Waals surface area contributed by atoms with Gasteiger partial charge in [0.25, 0.3) is 0 Å². The third-order valence-electron chi connectivity index (χ3n) is 1.45. The fraction of sp³-hybridized carbons (Fsp3) is 0.333. The molecule has 0 fully saturated rings. The van der Waals surface area contributed by atoms with Gasteiger partial charge in [-0.2, -0.15) is 0 Å². The summed E-state index contributed by atoms with van der Waals surface area (Å²) in [6.07, 6.45) is 1.17. The second kappa shape index (κ2) is 2.01. The van der Waals surface area contributed by atoms with Gasteiger partial charge in [0, 0.05) is 11.4 Å². The summed E-state index contributed by atoms with van der Waals surface area (Å²) in [7, 11) is 0. The van der Waals surface area contributed by atoms with Crippen LogP contribution in [-0.2, 0) is 6.42 Å². The molecule has 0 atom stereocenters. The zero-order valence-corrected chi connectivity index (χ0v) is 5.79. The maximum Gasteiger partial charge on any atom is 0.0627 e. The largest absolute Gasteiger partial charge is 0.320 e. The summed E-state index contributed by atoms with van der Waals surface area (Å²) in [5.74, 6) is 0. The molecule has 1 aliphatic heterocycles. The fourth-order valence-electron chi connectivity index (χ4n) is 0.979. The Morgan fingerprint density at radius 3 is 3.44 bits per heavy atom. The van der Waals surface area contributed by atoms with E-state index in [-0.39, 0.29) is 0 Å². The van der Waals surface area contributed by atoms with Crippen molar-refractivity contribution in [2.75, 3.05) is 12.0 Å². The minimum absolute atomic E-state index is 1.05. The van der Waals surface area contributed by atoms with Gasteiger partial charge in [-0.25, -0.2) is 5.43 Å². The van der Waals surface area contributed by atoms with Crippen molar-refractivity contribution in [2.24, 2.45) is 0 Å². The Kier molecular flexibility index (Phi) is 1.17. The van der Waals surface area contributed by atoms with Crippen LogP contribution in [0.4, 0.5) is 5.69 Å². The van der Waals surface area contributed by atoms with E-state index in [2.05, 4.69) is 22.3 Å². The predicted octanol–water partition coefficient (Wildman–Crippen LogP) is 1.22. The molecule has 0 radical (unpaired) electrons. The second-order valence-electron chi connectivity index (χ2n) is 2.06. The van der Waals surface area contributed by atoms with Crippen molar-refractivity contribution in [3.8, 4) is 0 Å². The molecule has 0 aromatic carbocycles. The zero-order valence-electron chi connectivity index (χ0n) is 4.98. The first-order valence-electron chi connectivity index (χ1n) is 3.02. The third-order valence-corrected chi connectivity index (χ3v) is 2.43. The molecule has 3 heteroatoms. The minimum atomic E-state index is 1.05. The van der Waals surface area contributed by atoms with E-state index in [1.807, 2.05) is 11.3 Å². The molecule has 0 aliphatic carbocycles. The van der Waals surface area contributed by atoms with Crippen molar-refractivity contribution in [3.63, 3.8) is 0 Å². The zero-order chi connectivity index (χ0) is 6.10. The smallest absolute Gasteiger partial charge is 0.0627 e. The Bertz CT molecular complexity index is 186. The van der Waals surface area contributed by atoms with Gasteiger partial charge in [0.1, 0.15) is 0 Å². The summed E-state index contributed by atoms with van der Waals surface area (Å²) in [5, 5.41) is 2.12. The highest BCUT2D eigenvalue weighted by Gasteiger charge is 2.06. The van der Waals surface area contributed by atoms with Crippen LogP contribution in [0.5, 0.6) is 0 Å². The van der Waals surface area contributed by atoms with Gasteiger partial charge in [-0.3, -0.25) is 0 Å². The van der Waals surface area contributed by atoms with Crippen molar-refractivity contribution in [3.05, 3.63) is 16.3 Å². The fourth-order valence-corrected chi connectivity index (χ4v) is 1.81. The standard InChI is InChI=1S/C6H8N2S/c1-3-7-8-5-2-4-9-6(1)5/h2,4,7-8H,1,3H2.